The third kappa shape index (κ3) is 7.06. The van der Waals surface area contributed by atoms with Crippen LogP contribution in [0.4, 0.5) is 0 Å². The first-order valence-corrected chi connectivity index (χ1v) is 11.0. The fourth-order valence-electron chi connectivity index (χ4n) is 2.64. The number of rotatable bonds is 9. The summed E-state index contributed by atoms with van der Waals surface area (Å²) in [6.45, 7) is 2.76. The van der Waals surface area contributed by atoms with Gasteiger partial charge in [-0.15, -0.1) is 0 Å². The first-order chi connectivity index (χ1) is 15.5. The lowest BCUT2D eigenvalue weighted by Crippen LogP contribution is -2.17. The lowest BCUT2D eigenvalue weighted by Gasteiger charge is -2.06. The largest absolute Gasteiger partial charge is 0.494 e. The standard InChI is InChI=1S/C25H23BrN2O4/c1-2-3-16-31-22-14-8-19(9-15-22)24(29)28-27-17-18-4-12-23(13-5-18)32-25(30)20-6-10-21(26)11-7-20/h4-15,17H,2-3,16H2,1H3,(H,28,29). The van der Waals surface area contributed by atoms with E-state index in [1.165, 1.54) is 6.21 Å². The number of hydrogen-bond donors (Lipinski definition) is 1. The molecule has 1 amide bonds. The van der Waals surface area contributed by atoms with Crippen LogP contribution in [0.5, 0.6) is 11.5 Å². The zero-order valence-corrected chi connectivity index (χ0v) is 19.2. The Morgan fingerprint density at radius 1 is 0.906 bits per heavy atom. The van der Waals surface area contributed by atoms with Crippen LogP contribution in [-0.4, -0.2) is 24.7 Å². The molecule has 0 heterocycles. The summed E-state index contributed by atoms with van der Waals surface area (Å²) in [5, 5.41) is 3.98. The van der Waals surface area contributed by atoms with E-state index in [9.17, 15) is 9.59 Å². The number of amides is 1. The number of unbranched alkanes of at least 4 members (excludes halogenated alkanes) is 1. The van der Waals surface area contributed by atoms with Gasteiger partial charge in [-0.3, -0.25) is 4.79 Å². The molecule has 0 aliphatic rings. The third-order valence-corrected chi connectivity index (χ3v) is 4.96. The summed E-state index contributed by atoms with van der Waals surface area (Å²) in [5.74, 6) is 0.397. The summed E-state index contributed by atoms with van der Waals surface area (Å²) >= 11 is 3.33. The van der Waals surface area contributed by atoms with Crippen LogP contribution >= 0.6 is 15.9 Å². The number of benzene rings is 3. The number of carbonyl (C=O) groups excluding carboxylic acids is 2. The van der Waals surface area contributed by atoms with Gasteiger partial charge in [0.05, 0.1) is 18.4 Å². The summed E-state index contributed by atoms with van der Waals surface area (Å²) in [7, 11) is 0. The van der Waals surface area contributed by atoms with Crippen molar-refractivity contribution in [3.8, 4) is 11.5 Å². The molecule has 0 bridgehead atoms. The smallest absolute Gasteiger partial charge is 0.343 e. The fourth-order valence-corrected chi connectivity index (χ4v) is 2.91. The number of carbonyl (C=O) groups is 2. The number of nitrogens with one attached hydrogen (secondary N) is 1. The highest BCUT2D eigenvalue weighted by Gasteiger charge is 2.08. The lowest BCUT2D eigenvalue weighted by atomic mass is 10.2. The number of hydrogen-bond acceptors (Lipinski definition) is 5. The number of hydrazone groups is 1. The summed E-state index contributed by atoms with van der Waals surface area (Å²) in [4.78, 5) is 24.4. The van der Waals surface area contributed by atoms with E-state index in [2.05, 4.69) is 33.4 Å². The molecule has 1 N–H and O–H groups in total. The summed E-state index contributed by atoms with van der Waals surface area (Å²) < 4.78 is 11.8. The van der Waals surface area contributed by atoms with Crippen LogP contribution in [0, 0.1) is 0 Å². The average molecular weight is 495 g/mol. The van der Waals surface area contributed by atoms with Crippen molar-refractivity contribution in [3.63, 3.8) is 0 Å². The summed E-state index contributed by atoms with van der Waals surface area (Å²) in [6.07, 6.45) is 3.57. The van der Waals surface area contributed by atoms with Gasteiger partial charge in [-0.1, -0.05) is 29.3 Å². The maximum absolute atomic E-state index is 12.2. The molecule has 0 fully saturated rings. The van der Waals surface area contributed by atoms with Crippen molar-refractivity contribution in [2.75, 3.05) is 6.61 Å². The Kier molecular flexibility index (Phi) is 8.57. The second kappa shape index (κ2) is 11.8. The highest BCUT2D eigenvalue weighted by molar-refractivity contribution is 9.10. The van der Waals surface area contributed by atoms with E-state index < -0.39 is 5.97 Å². The normalized spacial score (nSPS) is 10.7. The Bertz CT molecular complexity index is 1060. The molecule has 7 heteroatoms. The zero-order valence-electron chi connectivity index (χ0n) is 17.6. The minimum absolute atomic E-state index is 0.318. The Hall–Kier alpha value is -3.45. The van der Waals surface area contributed by atoms with Gasteiger partial charge in [0.15, 0.2) is 0 Å². The quantitative estimate of drug-likeness (QED) is 0.138. The molecule has 0 aromatic heterocycles. The van der Waals surface area contributed by atoms with Crippen molar-refractivity contribution < 1.29 is 19.1 Å². The van der Waals surface area contributed by atoms with E-state index in [0.717, 1.165) is 28.6 Å². The van der Waals surface area contributed by atoms with Gasteiger partial charge in [-0.2, -0.15) is 5.10 Å². The summed E-state index contributed by atoms with van der Waals surface area (Å²) in [5.41, 5.74) is 4.18. The van der Waals surface area contributed by atoms with E-state index in [1.54, 1.807) is 72.8 Å². The van der Waals surface area contributed by atoms with E-state index in [-0.39, 0.29) is 5.91 Å². The maximum Gasteiger partial charge on any atom is 0.343 e. The molecule has 6 nitrogen and oxygen atoms in total. The van der Waals surface area contributed by atoms with Gasteiger partial charge in [0.2, 0.25) is 0 Å². The monoisotopic (exact) mass is 494 g/mol. The van der Waals surface area contributed by atoms with Crippen molar-refractivity contribution in [1.29, 1.82) is 0 Å². The second-order valence-electron chi connectivity index (χ2n) is 6.89. The molecule has 0 aliphatic carbocycles. The molecule has 0 spiro atoms. The molecule has 3 rings (SSSR count). The fraction of sp³-hybridized carbons (Fsp3) is 0.160. The van der Waals surface area contributed by atoms with E-state index in [4.69, 9.17) is 9.47 Å². The molecule has 0 unspecified atom stereocenters. The van der Waals surface area contributed by atoms with Gasteiger partial charge >= 0.3 is 5.97 Å². The van der Waals surface area contributed by atoms with E-state index in [1.807, 2.05) is 0 Å². The van der Waals surface area contributed by atoms with Crippen molar-refractivity contribution >= 4 is 34.0 Å². The predicted molar refractivity (Wildman–Crippen MR) is 127 cm³/mol. The number of ether oxygens (including phenoxy) is 2. The summed E-state index contributed by atoms with van der Waals surface area (Å²) in [6, 6.07) is 20.7. The Morgan fingerprint density at radius 2 is 1.53 bits per heavy atom. The van der Waals surface area contributed by atoms with Crippen LogP contribution in [-0.2, 0) is 0 Å². The first kappa shape index (κ1) is 23.2. The van der Waals surface area contributed by atoms with Crippen LogP contribution in [0.1, 0.15) is 46.0 Å². The Morgan fingerprint density at radius 3 is 2.19 bits per heavy atom. The third-order valence-electron chi connectivity index (χ3n) is 4.43. The van der Waals surface area contributed by atoms with Crippen LogP contribution in [0.2, 0.25) is 0 Å². The molecule has 0 saturated heterocycles. The van der Waals surface area contributed by atoms with Gasteiger partial charge in [-0.05, 0) is 84.8 Å². The van der Waals surface area contributed by atoms with Gasteiger partial charge in [-0.25, -0.2) is 10.2 Å². The van der Waals surface area contributed by atoms with E-state index in [0.29, 0.717) is 23.5 Å². The number of halogens is 1. The van der Waals surface area contributed by atoms with Crippen molar-refractivity contribution in [2.45, 2.75) is 19.8 Å². The molecule has 3 aromatic carbocycles. The lowest BCUT2D eigenvalue weighted by molar-refractivity contribution is 0.0734. The zero-order chi connectivity index (χ0) is 22.8. The van der Waals surface area contributed by atoms with Crippen LogP contribution in [0.3, 0.4) is 0 Å². The molecule has 0 atom stereocenters. The first-order valence-electron chi connectivity index (χ1n) is 10.2. The molecular formula is C25H23BrN2O4. The van der Waals surface area contributed by atoms with Gasteiger partial charge < -0.3 is 9.47 Å². The predicted octanol–water partition coefficient (Wildman–Crippen LogP) is 5.61. The molecule has 32 heavy (non-hydrogen) atoms. The maximum atomic E-state index is 12.2. The molecule has 3 aromatic rings. The van der Waals surface area contributed by atoms with Crippen LogP contribution in [0.25, 0.3) is 0 Å². The van der Waals surface area contributed by atoms with Crippen molar-refractivity contribution in [3.05, 3.63) is 94.0 Å². The van der Waals surface area contributed by atoms with E-state index >= 15 is 0 Å². The van der Waals surface area contributed by atoms with Crippen molar-refractivity contribution in [2.24, 2.45) is 5.10 Å². The van der Waals surface area contributed by atoms with Gasteiger partial charge in [0.25, 0.3) is 5.91 Å². The highest BCUT2D eigenvalue weighted by atomic mass is 79.9. The molecule has 0 radical (unpaired) electrons. The molecule has 0 aliphatic heterocycles. The number of esters is 1. The van der Waals surface area contributed by atoms with Gasteiger partial charge in [0.1, 0.15) is 11.5 Å². The van der Waals surface area contributed by atoms with Crippen LogP contribution < -0.4 is 14.9 Å². The second-order valence-corrected chi connectivity index (χ2v) is 7.81. The Labute approximate surface area is 195 Å². The topological polar surface area (TPSA) is 77.0 Å². The molecule has 164 valence electrons. The van der Waals surface area contributed by atoms with Gasteiger partial charge in [0, 0.05) is 10.0 Å². The Balaban J connectivity index is 1.49. The van der Waals surface area contributed by atoms with Crippen LogP contribution in [0.15, 0.2) is 82.4 Å². The average Bonchev–Trinajstić information content (AvgIpc) is 2.81. The number of nitrogens with zero attached hydrogens (tertiary/aromatic N) is 1. The molecule has 0 saturated carbocycles. The minimum atomic E-state index is -0.437. The van der Waals surface area contributed by atoms with Crippen molar-refractivity contribution in [1.82, 2.24) is 5.43 Å². The molecular weight excluding hydrogens is 472 g/mol. The minimum Gasteiger partial charge on any atom is -0.494 e. The SMILES string of the molecule is CCCCOc1ccc(C(=O)NN=Cc2ccc(OC(=O)c3ccc(Br)cc3)cc2)cc1. The highest BCUT2D eigenvalue weighted by Crippen LogP contribution is 2.16.